The number of hydrogen-bond acceptors (Lipinski definition) is 8. The Morgan fingerprint density at radius 1 is 0.765 bits per heavy atom. The number of oxime groups is 1. The molecule has 4 heterocycles. The summed E-state index contributed by atoms with van der Waals surface area (Å²) in [6, 6.07) is 47.1. The number of anilines is 3. The van der Waals surface area contributed by atoms with Gasteiger partial charge in [-0.1, -0.05) is 83.5 Å². The molecule has 8 heteroatoms. The maximum absolute atomic E-state index is 6.84. The molecule has 0 bridgehead atoms. The number of thioether (sulfide) groups is 1. The van der Waals surface area contributed by atoms with E-state index in [1.54, 1.807) is 7.11 Å². The van der Waals surface area contributed by atoms with Crippen LogP contribution in [0.25, 0.3) is 10.9 Å². The van der Waals surface area contributed by atoms with Crippen molar-refractivity contribution < 1.29 is 9.57 Å². The lowest BCUT2D eigenvalue weighted by atomic mass is 9.91. The molecule has 254 valence electrons. The minimum Gasteiger partial charge on any atom is -0.497 e. The number of ether oxygens (including phenoxy) is 1. The number of piperazine rings is 1. The summed E-state index contributed by atoms with van der Waals surface area (Å²) < 4.78 is 5.59. The molecule has 3 aliphatic heterocycles. The fourth-order valence-electron chi connectivity index (χ4n) is 7.63. The Labute approximate surface area is 303 Å². The molecule has 0 radical (unpaired) electrons. The highest BCUT2D eigenvalue weighted by molar-refractivity contribution is 7.99. The molecule has 0 amide bonds. The molecule has 0 aliphatic carbocycles. The van der Waals surface area contributed by atoms with Crippen molar-refractivity contribution in [2.45, 2.75) is 29.2 Å². The van der Waals surface area contributed by atoms with Crippen LogP contribution < -0.4 is 19.4 Å². The average molecular weight is 690 g/mol. The van der Waals surface area contributed by atoms with E-state index in [0.29, 0.717) is 6.42 Å². The number of para-hydroxylation sites is 3. The van der Waals surface area contributed by atoms with Gasteiger partial charge in [-0.3, -0.25) is 4.90 Å². The topological polar surface area (TPSA) is 53.4 Å². The summed E-state index contributed by atoms with van der Waals surface area (Å²) >= 11 is 1.89. The molecule has 7 nitrogen and oxygen atoms in total. The number of rotatable bonds is 6. The molecular weight excluding hydrogens is 651 g/mol. The molecule has 3 aliphatic rings. The van der Waals surface area contributed by atoms with Crippen molar-refractivity contribution in [3.05, 3.63) is 156 Å². The van der Waals surface area contributed by atoms with E-state index in [4.69, 9.17) is 19.7 Å². The van der Waals surface area contributed by atoms with Gasteiger partial charge in [0.15, 0.2) is 5.84 Å². The zero-order valence-corrected chi connectivity index (χ0v) is 29.6. The van der Waals surface area contributed by atoms with Gasteiger partial charge >= 0.3 is 0 Å². The lowest BCUT2D eigenvalue weighted by Gasteiger charge is -2.39. The van der Waals surface area contributed by atoms with Gasteiger partial charge in [-0.2, -0.15) is 0 Å². The molecule has 2 atom stereocenters. The first kappa shape index (κ1) is 31.5. The number of aromatic nitrogens is 1. The minimum atomic E-state index is -0.925. The van der Waals surface area contributed by atoms with Crippen LogP contribution in [-0.2, 0) is 10.6 Å². The molecule has 0 spiro atoms. The Bertz CT molecular complexity index is 2220. The van der Waals surface area contributed by atoms with E-state index in [0.717, 1.165) is 71.3 Å². The summed E-state index contributed by atoms with van der Waals surface area (Å²) in [6.07, 6.45) is 0.633. The molecule has 5 aromatic carbocycles. The van der Waals surface area contributed by atoms with Crippen LogP contribution in [0.3, 0.4) is 0 Å². The highest BCUT2D eigenvalue weighted by Crippen LogP contribution is 2.57. The number of benzene rings is 5. The van der Waals surface area contributed by atoms with E-state index in [-0.39, 0.29) is 5.25 Å². The maximum Gasteiger partial charge on any atom is 0.242 e. The average Bonchev–Trinajstić information content (AvgIpc) is 3.50. The van der Waals surface area contributed by atoms with Crippen LogP contribution in [0, 0.1) is 6.92 Å². The van der Waals surface area contributed by atoms with Crippen molar-refractivity contribution in [2.24, 2.45) is 5.16 Å². The van der Waals surface area contributed by atoms with Gasteiger partial charge < -0.3 is 19.4 Å². The van der Waals surface area contributed by atoms with Crippen molar-refractivity contribution in [1.82, 2.24) is 4.98 Å². The fourth-order valence-corrected chi connectivity index (χ4v) is 8.99. The minimum absolute atomic E-state index is 0.00919. The number of nitrogens with zero attached hydrogens (tertiary/aromatic N) is 5. The van der Waals surface area contributed by atoms with Gasteiger partial charge in [0.05, 0.1) is 18.3 Å². The van der Waals surface area contributed by atoms with Gasteiger partial charge in [0.1, 0.15) is 11.6 Å². The van der Waals surface area contributed by atoms with Crippen molar-refractivity contribution in [3.63, 3.8) is 0 Å². The van der Waals surface area contributed by atoms with E-state index >= 15 is 0 Å². The van der Waals surface area contributed by atoms with Crippen molar-refractivity contribution in [3.8, 4) is 5.75 Å². The predicted molar refractivity (Wildman–Crippen MR) is 208 cm³/mol. The van der Waals surface area contributed by atoms with Crippen molar-refractivity contribution >= 4 is 45.7 Å². The highest BCUT2D eigenvalue weighted by atomic mass is 32.2. The summed E-state index contributed by atoms with van der Waals surface area (Å²) in [6.45, 7) is 5.73. The number of aryl methyl sites for hydroxylation is 1. The van der Waals surface area contributed by atoms with E-state index in [9.17, 15) is 0 Å². The van der Waals surface area contributed by atoms with Crippen LogP contribution in [0.1, 0.15) is 33.9 Å². The normalized spacial score (nSPS) is 19.9. The summed E-state index contributed by atoms with van der Waals surface area (Å²) in [5, 5.41) is 6.04. The van der Waals surface area contributed by atoms with Gasteiger partial charge in [-0.05, 0) is 67.6 Å². The summed E-state index contributed by atoms with van der Waals surface area (Å²) in [5.74, 6) is 2.65. The molecule has 6 aromatic rings. The lowest BCUT2D eigenvalue weighted by Crippen LogP contribution is -2.48. The van der Waals surface area contributed by atoms with Gasteiger partial charge in [0, 0.05) is 70.5 Å². The summed E-state index contributed by atoms with van der Waals surface area (Å²) in [7, 11) is 1.70. The number of fused-ring (bicyclic) bond motifs is 4. The quantitative estimate of drug-likeness (QED) is 0.173. The zero-order chi connectivity index (χ0) is 34.4. The maximum atomic E-state index is 6.84. The Hall–Kier alpha value is -5.47. The van der Waals surface area contributed by atoms with Gasteiger partial charge in [0.25, 0.3) is 0 Å². The standard InChI is InChI=1S/C43H39N5O2S/c1-30-16-18-31(19-17-30)41-45-50-43(33-20-22-35(49-2)23-21-33)29-40(51-39-15-9-8-14-38(39)48(41)43)36-28-32-10-6-7-13-37(32)44-42(36)47-26-24-46(25-27-47)34-11-4-3-5-12-34/h3-23,28,40H,24-27,29H2,1-2H3. The van der Waals surface area contributed by atoms with Gasteiger partial charge in [-0.25, -0.2) is 4.98 Å². The van der Waals surface area contributed by atoms with Crippen molar-refractivity contribution in [1.29, 1.82) is 0 Å². The highest BCUT2D eigenvalue weighted by Gasteiger charge is 2.53. The van der Waals surface area contributed by atoms with E-state index in [2.05, 4.69) is 143 Å². The van der Waals surface area contributed by atoms with Crippen LogP contribution >= 0.6 is 11.8 Å². The second-order valence-electron chi connectivity index (χ2n) is 13.4. The second-order valence-corrected chi connectivity index (χ2v) is 14.6. The molecule has 0 saturated carbocycles. The van der Waals surface area contributed by atoms with E-state index < -0.39 is 5.72 Å². The molecule has 1 saturated heterocycles. The van der Waals surface area contributed by atoms with Crippen LogP contribution in [-0.4, -0.2) is 44.1 Å². The first-order valence-corrected chi connectivity index (χ1v) is 18.5. The number of pyridine rings is 1. The molecule has 51 heavy (non-hydrogen) atoms. The number of methoxy groups -OCH3 is 1. The van der Waals surface area contributed by atoms with Crippen molar-refractivity contribution in [2.75, 3.05) is 48.0 Å². The summed E-state index contributed by atoms with van der Waals surface area (Å²) in [5.41, 5.74) is 6.87. The number of hydrogen-bond donors (Lipinski definition) is 0. The fraction of sp³-hybridized carbons (Fsp3) is 0.209. The molecule has 9 rings (SSSR count). The summed E-state index contributed by atoms with van der Waals surface area (Å²) in [4.78, 5) is 20.7. The van der Waals surface area contributed by atoms with E-state index in [1.165, 1.54) is 21.7 Å². The third-order valence-corrected chi connectivity index (χ3v) is 11.6. The van der Waals surface area contributed by atoms with Crippen LogP contribution in [0.5, 0.6) is 5.75 Å². The lowest BCUT2D eigenvalue weighted by molar-refractivity contribution is -0.0283. The molecule has 2 unspecified atom stereocenters. The Balaban J connectivity index is 1.18. The third kappa shape index (κ3) is 5.64. The van der Waals surface area contributed by atoms with Crippen LogP contribution in [0.4, 0.5) is 17.2 Å². The van der Waals surface area contributed by atoms with Gasteiger partial charge in [-0.15, -0.1) is 11.8 Å². The second kappa shape index (κ2) is 13.0. The largest absolute Gasteiger partial charge is 0.497 e. The smallest absolute Gasteiger partial charge is 0.242 e. The first-order chi connectivity index (χ1) is 25.1. The Kier molecular flexibility index (Phi) is 8.04. The number of amidine groups is 1. The SMILES string of the molecule is COc1ccc(C23CC(c4cc5ccccc5nc4N4CCN(c5ccccc5)CC4)Sc4ccccc4N2C(c2ccc(C)cc2)=NO3)cc1. The predicted octanol–water partition coefficient (Wildman–Crippen LogP) is 9.17. The Morgan fingerprint density at radius 3 is 2.25 bits per heavy atom. The Morgan fingerprint density at radius 2 is 1.47 bits per heavy atom. The van der Waals surface area contributed by atoms with Crippen LogP contribution in [0.15, 0.2) is 144 Å². The molecule has 1 fully saturated rings. The first-order valence-electron chi connectivity index (χ1n) is 17.6. The van der Waals surface area contributed by atoms with Gasteiger partial charge in [0.2, 0.25) is 5.72 Å². The third-order valence-electron chi connectivity index (χ3n) is 10.3. The monoisotopic (exact) mass is 689 g/mol. The molecule has 0 N–H and O–H groups in total. The zero-order valence-electron chi connectivity index (χ0n) is 28.8. The van der Waals surface area contributed by atoms with E-state index in [1.807, 2.05) is 23.9 Å². The molecular formula is C43H39N5O2S. The van der Waals surface area contributed by atoms with Crippen LogP contribution in [0.2, 0.25) is 0 Å². The molecule has 1 aromatic heterocycles.